The molecule has 0 saturated heterocycles. The van der Waals surface area contributed by atoms with Gasteiger partial charge in [-0.15, -0.1) is 0 Å². The molecule has 17 heavy (non-hydrogen) atoms. The molecule has 0 unspecified atom stereocenters. The number of halogens is 1. The van der Waals surface area contributed by atoms with E-state index in [1.807, 2.05) is 25.1 Å². The van der Waals surface area contributed by atoms with Gasteiger partial charge >= 0.3 is 0 Å². The maximum atomic E-state index is 12.2. The van der Waals surface area contributed by atoms with E-state index in [2.05, 4.69) is 15.9 Å². The fourth-order valence-electron chi connectivity index (χ4n) is 1.74. The number of hydrogen-bond donors (Lipinski definition) is 1. The second-order valence-corrected chi connectivity index (χ2v) is 4.69. The Labute approximate surface area is 108 Å². The largest absolute Gasteiger partial charge is 0.339 e. The molecular weight excluding hydrogens is 280 g/mol. The van der Waals surface area contributed by atoms with E-state index in [4.69, 9.17) is 5.84 Å². The fraction of sp³-hybridized carbons (Fsp3) is 0.154. The molecule has 4 heteroatoms. The smallest absolute Gasteiger partial charge is 0.211 e. The van der Waals surface area contributed by atoms with Crippen LogP contribution in [0.15, 0.2) is 40.9 Å². The Bertz CT molecular complexity index is 560. The molecule has 0 atom stereocenters. The number of nitrogens with zero attached hydrogens (tertiary/aromatic N) is 1. The number of aryl methyl sites for hydroxylation is 1. The van der Waals surface area contributed by atoms with Crippen LogP contribution in [0.25, 0.3) is 0 Å². The number of aromatic nitrogens is 1. The van der Waals surface area contributed by atoms with E-state index < -0.39 is 0 Å². The van der Waals surface area contributed by atoms with Gasteiger partial charge in [0.1, 0.15) is 5.69 Å². The lowest BCUT2D eigenvalue weighted by Gasteiger charge is -2.05. The molecule has 3 nitrogen and oxygen atoms in total. The lowest BCUT2D eigenvalue weighted by molar-refractivity contribution is 0.103. The number of hydrogen-bond acceptors (Lipinski definition) is 2. The first-order valence-corrected chi connectivity index (χ1v) is 6.18. The standard InChI is InChI=1S/C13H13BrN2O/c1-2-11-6-7-12(16(11)15)13(17)9-4-3-5-10(14)8-9/h3-8H,2,15H2,1H3. The summed E-state index contributed by atoms with van der Waals surface area (Å²) < 4.78 is 2.35. The summed E-state index contributed by atoms with van der Waals surface area (Å²) >= 11 is 3.35. The average molecular weight is 293 g/mol. The van der Waals surface area contributed by atoms with Crippen molar-refractivity contribution in [2.75, 3.05) is 5.84 Å². The van der Waals surface area contributed by atoms with Gasteiger partial charge in [0.05, 0.1) is 0 Å². The molecule has 0 radical (unpaired) electrons. The zero-order valence-electron chi connectivity index (χ0n) is 9.48. The molecule has 0 aliphatic heterocycles. The topological polar surface area (TPSA) is 48.0 Å². The van der Waals surface area contributed by atoms with Crippen molar-refractivity contribution in [3.8, 4) is 0 Å². The van der Waals surface area contributed by atoms with Crippen LogP contribution < -0.4 is 5.84 Å². The van der Waals surface area contributed by atoms with Crippen LogP contribution in [0.2, 0.25) is 0 Å². The van der Waals surface area contributed by atoms with Gasteiger partial charge in [-0.3, -0.25) is 9.47 Å². The van der Waals surface area contributed by atoms with Crippen LogP contribution in [0.5, 0.6) is 0 Å². The molecule has 1 heterocycles. The van der Waals surface area contributed by atoms with E-state index >= 15 is 0 Å². The molecular formula is C13H13BrN2O. The molecule has 0 aliphatic carbocycles. The lowest BCUT2D eigenvalue weighted by atomic mass is 10.1. The summed E-state index contributed by atoms with van der Waals surface area (Å²) in [6.45, 7) is 2.01. The number of nitrogens with two attached hydrogens (primary N) is 1. The minimum Gasteiger partial charge on any atom is -0.339 e. The summed E-state index contributed by atoms with van der Waals surface area (Å²) in [7, 11) is 0. The Balaban J connectivity index is 2.40. The van der Waals surface area contributed by atoms with E-state index in [-0.39, 0.29) is 5.78 Å². The number of rotatable bonds is 3. The van der Waals surface area contributed by atoms with Gasteiger partial charge in [0.25, 0.3) is 0 Å². The van der Waals surface area contributed by atoms with Gasteiger partial charge < -0.3 is 5.84 Å². The third kappa shape index (κ3) is 2.26. The molecule has 88 valence electrons. The fourth-order valence-corrected chi connectivity index (χ4v) is 2.14. The van der Waals surface area contributed by atoms with Crippen molar-refractivity contribution >= 4 is 21.7 Å². The summed E-state index contributed by atoms with van der Waals surface area (Å²) in [5.74, 6) is 5.81. The molecule has 2 N–H and O–H groups in total. The highest BCUT2D eigenvalue weighted by atomic mass is 79.9. The SMILES string of the molecule is CCc1ccc(C(=O)c2cccc(Br)c2)n1N. The molecule has 0 fully saturated rings. The van der Waals surface area contributed by atoms with Crippen molar-refractivity contribution in [3.05, 3.63) is 57.8 Å². The highest BCUT2D eigenvalue weighted by molar-refractivity contribution is 9.10. The minimum absolute atomic E-state index is 0.0616. The third-order valence-corrected chi connectivity index (χ3v) is 3.18. The number of carbonyl (C=O) groups is 1. The van der Waals surface area contributed by atoms with E-state index in [1.165, 1.54) is 4.68 Å². The summed E-state index contributed by atoms with van der Waals surface area (Å²) in [6, 6.07) is 10.9. The van der Waals surface area contributed by atoms with Crippen LogP contribution in [0.4, 0.5) is 0 Å². The molecule has 1 aromatic heterocycles. The van der Waals surface area contributed by atoms with Crippen LogP contribution in [0.1, 0.15) is 28.7 Å². The maximum absolute atomic E-state index is 12.2. The van der Waals surface area contributed by atoms with E-state index in [0.717, 1.165) is 16.6 Å². The summed E-state index contributed by atoms with van der Waals surface area (Å²) in [6.07, 6.45) is 0.808. The predicted octanol–water partition coefficient (Wildman–Crippen LogP) is 2.76. The van der Waals surface area contributed by atoms with Gasteiger partial charge in [-0.25, -0.2) is 0 Å². The molecule has 2 aromatic rings. The second-order valence-electron chi connectivity index (χ2n) is 3.77. The predicted molar refractivity (Wildman–Crippen MR) is 71.5 cm³/mol. The zero-order chi connectivity index (χ0) is 12.4. The summed E-state index contributed by atoms with van der Waals surface area (Å²) in [4.78, 5) is 12.2. The molecule has 0 spiro atoms. The maximum Gasteiger partial charge on any atom is 0.211 e. The van der Waals surface area contributed by atoms with Crippen molar-refractivity contribution < 1.29 is 4.79 Å². The monoisotopic (exact) mass is 292 g/mol. The highest BCUT2D eigenvalue weighted by Gasteiger charge is 2.14. The van der Waals surface area contributed by atoms with Gasteiger partial charge in [-0.1, -0.05) is 35.0 Å². The van der Waals surface area contributed by atoms with Gasteiger partial charge in [0.2, 0.25) is 5.78 Å². The molecule has 0 amide bonds. The normalized spacial score (nSPS) is 10.5. The van der Waals surface area contributed by atoms with E-state index in [1.54, 1.807) is 18.2 Å². The molecule has 2 rings (SSSR count). The second kappa shape index (κ2) is 4.75. The van der Waals surface area contributed by atoms with Gasteiger partial charge in [-0.2, -0.15) is 0 Å². The Morgan fingerprint density at radius 2 is 2.12 bits per heavy atom. The quantitative estimate of drug-likeness (QED) is 0.698. The molecule has 0 aliphatic rings. The number of ketones is 1. The molecule has 1 aromatic carbocycles. The average Bonchev–Trinajstić information content (AvgIpc) is 2.69. The Kier molecular flexibility index (Phi) is 3.33. The van der Waals surface area contributed by atoms with Crippen LogP contribution in [0.3, 0.4) is 0 Å². The third-order valence-electron chi connectivity index (χ3n) is 2.68. The van der Waals surface area contributed by atoms with Crippen LogP contribution in [-0.2, 0) is 6.42 Å². The van der Waals surface area contributed by atoms with Crippen LogP contribution >= 0.6 is 15.9 Å². The Hall–Kier alpha value is -1.55. The minimum atomic E-state index is -0.0616. The van der Waals surface area contributed by atoms with Crippen LogP contribution in [-0.4, -0.2) is 10.5 Å². The number of carbonyl (C=O) groups excluding carboxylic acids is 1. The van der Waals surface area contributed by atoms with Gasteiger partial charge in [0.15, 0.2) is 0 Å². The van der Waals surface area contributed by atoms with Gasteiger partial charge in [0, 0.05) is 15.7 Å². The number of nitrogen functional groups attached to an aromatic ring is 1. The Morgan fingerprint density at radius 1 is 1.35 bits per heavy atom. The summed E-state index contributed by atoms with van der Waals surface area (Å²) in [5.41, 5.74) is 2.09. The van der Waals surface area contributed by atoms with Crippen molar-refractivity contribution in [2.24, 2.45) is 0 Å². The van der Waals surface area contributed by atoms with Crippen molar-refractivity contribution in [1.82, 2.24) is 4.68 Å². The first-order chi connectivity index (χ1) is 8.13. The van der Waals surface area contributed by atoms with Crippen molar-refractivity contribution in [2.45, 2.75) is 13.3 Å². The zero-order valence-corrected chi connectivity index (χ0v) is 11.1. The molecule has 0 saturated carbocycles. The number of benzene rings is 1. The lowest BCUT2D eigenvalue weighted by Crippen LogP contribution is -2.19. The Morgan fingerprint density at radius 3 is 2.71 bits per heavy atom. The van der Waals surface area contributed by atoms with Crippen molar-refractivity contribution in [3.63, 3.8) is 0 Å². The van der Waals surface area contributed by atoms with E-state index in [0.29, 0.717) is 11.3 Å². The van der Waals surface area contributed by atoms with Crippen molar-refractivity contribution in [1.29, 1.82) is 0 Å². The molecule has 0 bridgehead atoms. The summed E-state index contributed by atoms with van der Waals surface area (Å²) in [5, 5.41) is 0. The van der Waals surface area contributed by atoms with Crippen LogP contribution in [0, 0.1) is 0 Å². The van der Waals surface area contributed by atoms with Gasteiger partial charge in [-0.05, 0) is 30.7 Å². The highest BCUT2D eigenvalue weighted by Crippen LogP contribution is 2.16. The first-order valence-electron chi connectivity index (χ1n) is 5.39. The van der Waals surface area contributed by atoms with E-state index in [9.17, 15) is 4.79 Å². The first kappa shape index (κ1) is 11.9.